The predicted molar refractivity (Wildman–Crippen MR) is 115 cm³/mol. The topological polar surface area (TPSA) is 29.5 Å². The fourth-order valence-electron chi connectivity index (χ4n) is 4.03. The summed E-state index contributed by atoms with van der Waals surface area (Å²) in [5, 5.41) is 1.84. The van der Waals surface area contributed by atoms with Crippen LogP contribution >= 0.6 is 0 Å². The highest BCUT2D eigenvalue weighted by Crippen LogP contribution is 2.42. The monoisotopic (exact) mass is 427 g/mol. The second kappa shape index (κ2) is 7.68. The number of carbonyl (C=O) groups is 1. The molecule has 0 bridgehead atoms. The number of ether oxygens (including phenoxy) is 1. The Morgan fingerprint density at radius 1 is 0.968 bits per heavy atom. The second-order valence-electron chi connectivity index (χ2n) is 9.07. The van der Waals surface area contributed by atoms with Gasteiger partial charge in [0.15, 0.2) is 0 Å². The average Bonchev–Trinajstić information content (AvgIpc) is 2.83. The van der Waals surface area contributed by atoms with E-state index in [0.29, 0.717) is 17.8 Å². The fourth-order valence-corrected chi connectivity index (χ4v) is 4.03. The van der Waals surface area contributed by atoms with Crippen LogP contribution < -0.4 is 4.90 Å². The number of hydrogen-bond donors (Lipinski definition) is 0. The third-order valence-corrected chi connectivity index (χ3v) is 5.34. The molecule has 1 unspecified atom stereocenters. The zero-order valence-electron chi connectivity index (χ0n) is 17.7. The third-order valence-electron chi connectivity index (χ3n) is 5.34. The number of fused-ring (bicyclic) bond motifs is 2. The number of benzene rings is 3. The fraction of sp³-hybridized carbons (Fsp3) is 0.320. The van der Waals surface area contributed by atoms with Crippen molar-refractivity contribution in [3.63, 3.8) is 0 Å². The lowest BCUT2D eigenvalue weighted by Gasteiger charge is -2.30. The maximum atomic E-state index is 13.6. The van der Waals surface area contributed by atoms with Gasteiger partial charge in [0.25, 0.3) is 5.91 Å². The second-order valence-corrected chi connectivity index (χ2v) is 9.07. The largest absolute Gasteiger partial charge is 0.416 e. The van der Waals surface area contributed by atoms with E-state index in [1.165, 1.54) is 6.07 Å². The quantitative estimate of drug-likeness (QED) is 0.476. The van der Waals surface area contributed by atoms with E-state index in [4.69, 9.17) is 4.74 Å². The predicted octanol–water partition coefficient (Wildman–Crippen LogP) is 6.36. The van der Waals surface area contributed by atoms with Gasteiger partial charge in [-0.1, -0.05) is 63.2 Å². The maximum Gasteiger partial charge on any atom is 0.416 e. The molecule has 0 fully saturated rings. The van der Waals surface area contributed by atoms with Gasteiger partial charge in [-0.15, -0.1) is 0 Å². The van der Waals surface area contributed by atoms with E-state index >= 15 is 0 Å². The summed E-state index contributed by atoms with van der Waals surface area (Å²) in [6.07, 6.45) is -5.29. The normalized spacial score (nSPS) is 17.5. The Morgan fingerprint density at radius 2 is 1.68 bits per heavy atom. The van der Waals surface area contributed by atoms with Gasteiger partial charge in [0.1, 0.15) is 12.7 Å². The molecule has 1 atom stereocenters. The van der Waals surface area contributed by atoms with Gasteiger partial charge in [0.2, 0.25) is 0 Å². The van der Waals surface area contributed by atoms with Crippen molar-refractivity contribution >= 4 is 22.4 Å². The molecule has 0 aromatic heterocycles. The molecule has 3 aromatic rings. The molecular weight excluding hydrogens is 403 g/mol. The van der Waals surface area contributed by atoms with Crippen molar-refractivity contribution < 1.29 is 22.7 Å². The molecule has 1 aliphatic heterocycles. The van der Waals surface area contributed by atoms with Crippen LogP contribution in [-0.4, -0.2) is 19.1 Å². The van der Waals surface area contributed by atoms with Crippen LogP contribution in [0.5, 0.6) is 0 Å². The summed E-state index contributed by atoms with van der Waals surface area (Å²) in [4.78, 5) is 14.5. The van der Waals surface area contributed by atoms with Gasteiger partial charge in [-0.25, -0.2) is 0 Å². The first-order chi connectivity index (χ1) is 14.5. The van der Waals surface area contributed by atoms with Gasteiger partial charge in [0.05, 0.1) is 5.56 Å². The Labute approximate surface area is 179 Å². The van der Waals surface area contributed by atoms with Crippen molar-refractivity contribution in [3.05, 3.63) is 77.4 Å². The van der Waals surface area contributed by atoms with Gasteiger partial charge in [-0.3, -0.25) is 4.79 Å². The lowest BCUT2D eigenvalue weighted by molar-refractivity contribution is -0.137. The van der Waals surface area contributed by atoms with Crippen molar-refractivity contribution in [2.24, 2.45) is 5.41 Å². The Bertz CT molecular complexity index is 1130. The number of rotatable bonds is 2. The first-order valence-corrected chi connectivity index (χ1v) is 10.2. The minimum absolute atomic E-state index is 0.208. The molecular formula is C25H24F3NO2. The summed E-state index contributed by atoms with van der Waals surface area (Å²) >= 11 is 0. The van der Waals surface area contributed by atoms with Gasteiger partial charge in [-0.05, 0) is 39.9 Å². The number of carbonyl (C=O) groups excluding carboxylic acids is 1. The lowest BCUT2D eigenvalue weighted by atomic mass is 9.92. The van der Waals surface area contributed by atoms with E-state index in [1.807, 2.05) is 63.2 Å². The highest BCUT2D eigenvalue weighted by Gasteiger charge is 2.36. The van der Waals surface area contributed by atoms with Gasteiger partial charge < -0.3 is 9.64 Å². The van der Waals surface area contributed by atoms with E-state index in [1.54, 1.807) is 4.90 Å². The molecule has 0 aliphatic carbocycles. The van der Waals surface area contributed by atoms with Gasteiger partial charge in [-0.2, -0.15) is 13.2 Å². The Hall–Kier alpha value is -2.86. The van der Waals surface area contributed by atoms with Crippen molar-refractivity contribution in [1.82, 2.24) is 0 Å². The van der Waals surface area contributed by atoms with Crippen LogP contribution in [0.1, 0.15) is 43.6 Å². The summed E-state index contributed by atoms with van der Waals surface area (Å²) in [7, 11) is 0. The molecule has 1 amide bonds. The maximum absolute atomic E-state index is 13.6. The number of nitrogens with zero attached hydrogens (tertiary/aromatic N) is 1. The van der Waals surface area contributed by atoms with Crippen LogP contribution in [0.15, 0.2) is 60.7 Å². The van der Waals surface area contributed by atoms with Crippen LogP contribution in [-0.2, 0) is 15.7 Å². The first kappa shape index (κ1) is 21.4. The summed E-state index contributed by atoms with van der Waals surface area (Å²) in [5.74, 6) is -0.265. The van der Waals surface area contributed by atoms with Gasteiger partial charge >= 0.3 is 6.18 Å². The molecule has 3 nitrogen and oxygen atoms in total. The lowest BCUT2D eigenvalue weighted by Crippen LogP contribution is -2.39. The first-order valence-electron chi connectivity index (χ1n) is 10.2. The van der Waals surface area contributed by atoms with E-state index in [-0.39, 0.29) is 17.9 Å². The van der Waals surface area contributed by atoms with Crippen molar-refractivity contribution in [1.29, 1.82) is 0 Å². The van der Waals surface area contributed by atoms with E-state index < -0.39 is 17.8 Å². The van der Waals surface area contributed by atoms with Crippen LogP contribution in [0.3, 0.4) is 0 Å². The summed E-state index contributed by atoms with van der Waals surface area (Å²) in [5.41, 5.74) is 0.549. The molecule has 0 saturated heterocycles. The van der Waals surface area contributed by atoms with Crippen LogP contribution in [0.25, 0.3) is 10.8 Å². The number of alkyl halides is 3. The number of halogens is 3. The van der Waals surface area contributed by atoms with Crippen molar-refractivity contribution in [2.45, 2.75) is 33.1 Å². The minimum atomic E-state index is -4.50. The highest BCUT2D eigenvalue weighted by molar-refractivity contribution is 5.96. The van der Waals surface area contributed by atoms with E-state index in [9.17, 15) is 18.0 Å². The number of hydrogen-bond acceptors (Lipinski definition) is 2. The third kappa shape index (κ3) is 4.30. The SMILES string of the molecule is CC(C)(C)CN1C(=O)COC(c2cccc3ccccc23)c2cc(C(F)(F)F)ccc21. The molecule has 0 radical (unpaired) electrons. The average molecular weight is 427 g/mol. The minimum Gasteiger partial charge on any atom is -0.359 e. The Kier molecular flexibility index (Phi) is 5.30. The molecule has 6 heteroatoms. The smallest absolute Gasteiger partial charge is 0.359 e. The highest BCUT2D eigenvalue weighted by atomic mass is 19.4. The van der Waals surface area contributed by atoms with Crippen molar-refractivity contribution in [3.8, 4) is 0 Å². The Morgan fingerprint density at radius 3 is 2.39 bits per heavy atom. The number of amides is 1. The van der Waals surface area contributed by atoms with E-state index in [2.05, 4.69) is 0 Å². The standard InChI is InChI=1S/C25H24F3NO2/c1-24(2,3)15-29-21-12-11-17(25(26,27)28)13-20(21)23(31-14-22(29)30)19-10-6-8-16-7-4-5-9-18(16)19/h4-13,23H,14-15H2,1-3H3. The molecule has 0 N–H and O–H groups in total. The summed E-state index contributed by atoms with van der Waals surface area (Å²) < 4.78 is 46.7. The summed E-state index contributed by atoms with van der Waals surface area (Å²) in [6.45, 7) is 6.11. The summed E-state index contributed by atoms with van der Waals surface area (Å²) in [6, 6.07) is 16.9. The van der Waals surface area contributed by atoms with Crippen molar-refractivity contribution in [2.75, 3.05) is 18.1 Å². The van der Waals surface area contributed by atoms with Crippen LogP contribution in [0.2, 0.25) is 0 Å². The molecule has 1 heterocycles. The Balaban J connectivity index is 1.95. The van der Waals surface area contributed by atoms with E-state index in [0.717, 1.165) is 28.5 Å². The molecule has 0 spiro atoms. The molecule has 4 rings (SSSR count). The molecule has 31 heavy (non-hydrogen) atoms. The van der Waals surface area contributed by atoms with Crippen LogP contribution in [0, 0.1) is 5.41 Å². The molecule has 0 saturated carbocycles. The molecule has 1 aliphatic rings. The van der Waals surface area contributed by atoms with Crippen LogP contribution in [0.4, 0.5) is 18.9 Å². The zero-order chi connectivity index (χ0) is 22.4. The molecule has 162 valence electrons. The van der Waals surface area contributed by atoms with Gasteiger partial charge in [0, 0.05) is 17.8 Å². The molecule has 3 aromatic carbocycles. The number of anilines is 1. The zero-order valence-corrected chi connectivity index (χ0v) is 17.7.